The van der Waals surface area contributed by atoms with Crippen LogP contribution in [0.25, 0.3) is 0 Å². The lowest BCUT2D eigenvalue weighted by atomic mass is 10.1. The van der Waals surface area contributed by atoms with Gasteiger partial charge in [0.05, 0.1) is 0 Å². The van der Waals surface area contributed by atoms with E-state index in [2.05, 4.69) is 77.7 Å². The van der Waals surface area contributed by atoms with Crippen LogP contribution in [0.3, 0.4) is 0 Å². The zero-order chi connectivity index (χ0) is 20.9. The number of hydrogen-bond donors (Lipinski definition) is 2. The van der Waals surface area contributed by atoms with Gasteiger partial charge >= 0.3 is 0 Å². The van der Waals surface area contributed by atoms with Crippen molar-refractivity contribution in [3.8, 4) is 0 Å². The van der Waals surface area contributed by atoms with Gasteiger partial charge in [-0.3, -0.25) is 0 Å². The van der Waals surface area contributed by atoms with Crippen molar-refractivity contribution in [1.82, 2.24) is 14.3 Å². The molecule has 1 saturated heterocycles. The van der Waals surface area contributed by atoms with E-state index in [-0.39, 0.29) is 0 Å². The average molecular weight is 424 g/mol. The minimum atomic E-state index is 0.828. The van der Waals surface area contributed by atoms with E-state index in [1.54, 1.807) is 9.80 Å². The summed E-state index contributed by atoms with van der Waals surface area (Å²) >= 11 is 5.76. The molecule has 158 valence electrons. The van der Waals surface area contributed by atoms with Gasteiger partial charge in [0.1, 0.15) is 38.5 Å². The number of benzene rings is 2. The second kappa shape index (κ2) is 9.69. The number of quaternary nitrogens is 2. The van der Waals surface area contributed by atoms with Gasteiger partial charge in [0.2, 0.25) is 4.77 Å². The number of aryl methyl sites for hydroxylation is 1. The third kappa shape index (κ3) is 5.06. The van der Waals surface area contributed by atoms with Gasteiger partial charge in [-0.1, -0.05) is 60.2 Å². The molecule has 0 radical (unpaired) electrons. The molecule has 6 heteroatoms. The molecule has 2 N–H and O–H groups in total. The number of nitrogens with zero attached hydrogens (tertiary/aromatic N) is 3. The Balaban J connectivity index is 1.37. The number of rotatable bonds is 7. The Hall–Kier alpha value is -2.28. The molecule has 0 saturated carbocycles. The molecule has 1 aliphatic heterocycles. The summed E-state index contributed by atoms with van der Waals surface area (Å²) < 4.78 is 5.09. The van der Waals surface area contributed by atoms with Gasteiger partial charge in [0.15, 0.2) is 6.67 Å². The first-order chi connectivity index (χ1) is 14.6. The molecule has 0 bridgehead atoms. The summed E-state index contributed by atoms with van der Waals surface area (Å²) in [5.74, 6) is 1.07. The fourth-order valence-corrected chi connectivity index (χ4v) is 4.77. The normalized spacial score (nSPS) is 19.1. The van der Waals surface area contributed by atoms with E-state index in [1.807, 2.05) is 0 Å². The fraction of sp³-hybridized carbons (Fsp3) is 0.417. The standard InChI is InChI=1S/C24H31N5S/c1-3-28-23(17-21-9-5-4-6-10-21)25-29(24(28)30)19-27-14-12-26(13-15-27)18-22-11-7-8-20(2)16-22/h4-11,16H,3,12-15,17-19H2,1-2H3/p+2. The van der Waals surface area contributed by atoms with Crippen LogP contribution in [0, 0.1) is 11.7 Å². The van der Waals surface area contributed by atoms with Gasteiger partial charge in [-0.25, -0.2) is 0 Å². The molecule has 0 unspecified atom stereocenters. The molecule has 0 spiro atoms. The van der Waals surface area contributed by atoms with Crippen molar-refractivity contribution in [3.05, 3.63) is 81.9 Å². The molecule has 30 heavy (non-hydrogen) atoms. The van der Waals surface area contributed by atoms with Crippen molar-refractivity contribution < 1.29 is 9.80 Å². The first-order valence-electron chi connectivity index (χ1n) is 11.1. The molecule has 0 amide bonds. The Bertz CT molecular complexity index is 1020. The maximum atomic E-state index is 5.76. The van der Waals surface area contributed by atoms with Gasteiger partial charge in [-0.05, 0) is 31.6 Å². The van der Waals surface area contributed by atoms with Crippen LogP contribution in [0.1, 0.15) is 29.4 Å². The SMILES string of the molecule is CCn1c(Cc2ccccc2)nn(C[NH+]2CC[NH+](Cc3cccc(C)c3)CC2)c1=S. The predicted molar refractivity (Wildman–Crippen MR) is 122 cm³/mol. The number of aromatic nitrogens is 3. The largest absolute Gasteiger partial charge is 0.322 e. The highest BCUT2D eigenvalue weighted by atomic mass is 32.1. The monoisotopic (exact) mass is 423 g/mol. The Morgan fingerprint density at radius 1 is 0.933 bits per heavy atom. The topological polar surface area (TPSA) is 31.6 Å². The molecule has 2 heterocycles. The number of hydrogen-bond acceptors (Lipinski definition) is 2. The van der Waals surface area contributed by atoms with E-state index in [9.17, 15) is 0 Å². The highest BCUT2D eigenvalue weighted by Crippen LogP contribution is 2.09. The zero-order valence-corrected chi connectivity index (χ0v) is 18.9. The first-order valence-corrected chi connectivity index (χ1v) is 11.5. The van der Waals surface area contributed by atoms with Crippen molar-refractivity contribution in [1.29, 1.82) is 0 Å². The van der Waals surface area contributed by atoms with E-state index in [0.717, 1.165) is 49.9 Å². The Labute approximate surface area is 184 Å². The third-order valence-electron chi connectivity index (χ3n) is 6.09. The molecular formula is C24H33N5S+2. The molecule has 5 nitrogen and oxygen atoms in total. The summed E-state index contributed by atoms with van der Waals surface area (Å²) in [6, 6.07) is 19.4. The molecule has 1 aliphatic rings. The van der Waals surface area contributed by atoms with E-state index >= 15 is 0 Å². The van der Waals surface area contributed by atoms with Gasteiger partial charge in [-0.2, -0.15) is 9.78 Å². The van der Waals surface area contributed by atoms with E-state index in [4.69, 9.17) is 17.3 Å². The van der Waals surface area contributed by atoms with Gasteiger partial charge in [-0.15, -0.1) is 0 Å². The predicted octanol–water partition coefficient (Wildman–Crippen LogP) is 1.27. The lowest BCUT2D eigenvalue weighted by Gasteiger charge is -2.29. The van der Waals surface area contributed by atoms with Crippen molar-refractivity contribution >= 4 is 12.2 Å². The van der Waals surface area contributed by atoms with Gasteiger partial charge in [0.25, 0.3) is 0 Å². The highest BCUT2D eigenvalue weighted by molar-refractivity contribution is 7.71. The van der Waals surface area contributed by atoms with Crippen LogP contribution in [0.15, 0.2) is 54.6 Å². The smallest absolute Gasteiger partial charge is 0.202 e. The lowest BCUT2D eigenvalue weighted by molar-refractivity contribution is -1.03. The van der Waals surface area contributed by atoms with Gasteiger partial charge < -0.3 is 14.4 Å². The highest BCUT2D eigenvalue weighted by Gasteiger charge is 2.24. The second-order valence-electron chi connectivity index (χ2n) is 8.43. The summed E-state index contributed by atoms with van der Waals surface area (Å²) in [6.07, 6.45) is 0.828. The maximum absolute atomic E-state index is 5.76. The quantitative estimate of drug-likeness (QED) is 0.561. The summed E-state index contributed by atoms with van der Waals surface area (Å²) in [5.41, 5.74) is 4.08. The van der Waals surface area contributed by atoms with Crippen LogP contribution in [0.5, 0.6) is 0 Å². The van der Waals surface area contributed by atoms with Crippen molar-refractivity contribution in [2.45, 2.75) is 40.0 Å². The average Bonchev–Trinajstić information content (AvgIpc) is 3.04. The molecule has 1 fully saturated rings. The minimum Gasteiger partial charge on any atom is -0.322 e. The van der Waals surface area contributed by atoms with Crippen LogP contribution >= 0.6 is 12.2 Å². The Kier molecular flexibility index (Phi) is 6.77. The minimum absolute atomic E-state index is 0.828. The fourth-order valence-electron chi connectivity index (χ4n) is 4.43. The third-order valence-corrected chi connectivity index (χ3v) is 6.53. The molecule has 3 aromatic rings. The van der Waals surface area contributed by atoms with E-state index in [1.165, 1.54) is 29.8 Å². The lowest BCUT2D eigenvalue weighted by Crippen LogP contribution is -3.27. The van der Waals surface area contributed by atoms with Crippen LogP contribution < -0.4 is 9.80 Å². The van der Waals surface area contributed by atoms with Crippen LogP contribution in [-0.4, -0.2) is 40.5 Å². The molecule has 4 rings (SSSR count). The van der Waals surface area contributed by atoms with Crippen LogP contribution in [0.4, 0.5) is 0 Å². The van der Waals surface area contributed by atoms with Crippen LogP contribution in [-0.2, 0) is 26.2 Å². The second-order valence-corrected chi connectivity index (χ2v) is 8.79. The first kappa shape index (κ1) is 21.0. The molecule has 2 aromatic carbocycles. The van der Waals surface area contributed by atoms with Crippen LogP contribution in [0.2, 0.25) is 0 Å². The summed E-state index contributed by atoms with van der Waals surface area (Å²) in [6.45, 7) is 11.9. The maximum Gasteiger partial charge on any atom is 0.202 e. The summed E-state index contributed by atoms with van der Waals surface area (Å²) in [5, 5.41) is 4.91. The summed E-state index contributed by atoms with van der Waals surface area (Å²) in [4.78, 5) is 3.25. The van der Waals surface area contributed by atoms with E-state index < -0.39 is 0 Å². The molecule has 0 aliphatic carbocycles. The zero-order valence-electron chi connectivity index (χ0n) is 18.1. The summed E-state index contributed by atoms with van der Waals surface area (Å²) in [7, 11) is 0. The molecular weight excluding hydrogens is 390 g/mol. The number of nitrogens with one attached hydrogen (secondary N) is 2. The van der Waals surface area contributed by atoms with Crippen molar-refractivity contribution in [2.24, 2.45) is 0 Å². The molecule has 0 atom stereocenters. The Morgan fingerprint density at radius 3 is 2.33 bits per heavy atom. The van der Waals surface area contributed by atoms with Crippen molar-refractivity contribution in [2.75, 3.05) is 26.2 Å². The Morgan fingerprint density at radius 2 is 1.63 bits per heavy atom. The van der Waals surface area contributed by atoms with Crippen molar-refractivity contribution in [3.63, 3.8) is 0 Å². The molecule has 1 aromatic heterocycles. The van der Waals surface area contributed by atoms with Gasteiger partial charge in [0, 0.05) is 18.5 Å². The van der Waals surface area contributed by atoms with E-state index in [0.29, 0.717) is 0 Å². The number of piperazine rings is 1.